The van der Waals surface area contributed by atoms with E-state index in [0.29, 0.717) is 5.60 Å². The Bertz CT molecular complexity index is 232. The van der Waals surface area contributed by atoms with Gasteiger partial charge in [-0.05, 0) is 45.6 Å². The molecule has 0 aromatic rings. The number of fused-ring (bicyclic) bond motifs is 1. The first-order chi connectivity index (χ1) is 6.18. The second-order valence-electron chi connectivity index (χ2n) is 4.76. The van der Waals surface area contributed by atoms with Gasteiger partial charge >= 0.3 is 7.05 Å². The van der Waals surface area contributed by atoms with Gasteiger partial charge in [-0.1, -0.05) is 0 Å². The lowest BCUT2D eigenvalue weighted by atomic mass is 9.80. The van der Waals surface area contributed by atoms with Crippen LogP contribution in [-0.4, -0.2) is 41.2 Å². The second kappa shape index (κ2) is 2.30. The lowest BCUT2D eigenvalue weighted by molar-refractivity contribution is 0.189. The maximum absolute atomic E-state index is 9.40. The third-order valence-electron chi connectivity index (χ3n) is 4.02. The Morgan fingerprint density at radius 2 is 1.69 bits per heavy atom. The normalized spacial score (nSPS) is 33.7. The molecule has 2 heterocycles. The smallest absolute Gasteiger partial charge is 0.376 e. The first-order valence-corrected chi connectivity index (χ1v) is 5.30. The van der Waals surface area contributed by atoms with Crippen LogP contribution in [0.3, 0.4) is 0 Å². The van der Waals surface area contributed by atoms with Crippen LogP contribution in [0, 0.1) is 0 Å². The molecule has 0 unspecified atom stereocenters. The van der Waals surface area contributed by atoms with Crippen molar-refractivity contribution in [2.45, 2.75) is 43.7 Å². The number of piperidine rings is 1. The largest absolute Gasteiger partial charge is 0.437 e. The van der Waals surface area contributed by atoms with E-state index in [0.717, 1.165) is 25.9 Å². The zero-order valence-corrected chi connectivity index (χ0v) is 8.12. The highest BCUT2D eigenvalue weighted by Crippen LogP contribution is 2.68. The molecular formula is C9H16BNO2. The molecular weight excluding hydrogens is 165 g/mol. The van der Waals surface area contributed by atoms with E-state index in [9.17, 15) is 5.02 Å². The Balaban J connectivity index is 1.62. The van der Waals surface area contributed by atoms with E-state index >= 15 is 0 Å². The van der Waals surface area contributed by atoms with E-state index < -0.39 is 0 Å². The lowest BCUT2D eigenvalue weighted by Gasteiger charge is -2.31. The van der Waals surface area contributed by atoms with Crippen LogP contribution in [-0.2, 0) is 4.74 Å². The van der Waals surface area contributed by atoms with Crippen LogP contribution in [0.5, 0.6) is 0 Å². The molecule has 3 nitrogen and oxygen atoms in total. The molecule has 4 heteroatoms. The highest BCUT2D eigenvalue weighted by atomic mass is 16.6. The third kappa shape index (κ3) is 1.03. The van der Waals surface area contributed by atoms with Crippen LogP contribution in [0.1, 0.15) is 25.7 Å². The molecule has 3 aliphatic rings. The van der Waals surface area contributed by atoms with Gasteiger partial charge in [0.15, 0.2) is 0 Å². The van der Waals surface area contributed by atoms with E-state index in [2.05, 4.69) is 4.81 Å². The molecule has 3 rings (SSSR count). The molecule has 72 valence electrons. The average Bonchev–Trinajstić information content (AvgIpc) is 2.96. The number of epoxide rings is 1. The summed E-state index contributed by atoms with van der Waals surface area (Å²) in [5.74, 6) is 0. The van der Waals surface area contributed by atoms with Gasteiger partial charge in [0.25, 0.3) is 0 Å². The predicted molar refractivity (Wildman–Crippen MR) is 50.4 cm³/mol. The summed E-state index contributed by atoms with van der Waals surface area (Å²) in [7, 11) is -0.286. The number of ether oxygens (including phenoxy) is 1. The van der Waals surface area contributed by atoms with Gasteiger partial charge in [0.2, 0.25) is 0 Å². The summed E-state index contributed by atoms with van der Waals surface area (Å²) in [4.78, 5) is 2.13. The van der Waals surface area contributed by atoms with Gasteiger partial charge in [-0.25, -0.2) is 0 Å². The first-order valence-electron chi connectivity index (χ1n) is 5.30. The van der Waals surface area contributed by atoms with Crippen molar-refractivity contribution in [1.82, 2.24) is 4.81 Å². The summed E-state index contributed by atoms with van der Waals surface area (Å²) < 4.78 is 5.86. The van der Waals surface area contributed by atoms with Crippen molar-refractivity contribution in [2.24, 2.45) is 0 Å². The molecule has 2 aliphatic heterocycles. The Kier molecular flexibility index (Phi) is 1.46. The molecule has 1 N–H and O–H groups in total. The predicted octanol–water partition coefficient (Wildman–Crippen LogP) is 0.494. The maximum atomic E-state index is 9.40. The maximum Gasteiger partial charge on any atom is 0.376 e. The molecule has 0 radical (unpaired) electrons. The summed E-state index contributed by atoms with van der Waals surface area (Å²) in [6.07, 6.45) is 4.80. The van der Waals surface area contributed by atoms with E-state index in [1.165, 1.54) is 12.8 Å². The molecule has 1 aliphatic carbocycles. The fourth-order valence-electron chi connectivity index (χ4n) is 2.84. The van der Waals surface area contributed by atoms with Gasteiger partial charge in [0.05, 0.1) is 5.60 Å². The molecule has 0 bridgehead atoms. The summed E-state index contributed by atoms with van der Waals surface area (Å²) in [6, 6.07) is 0. The number of hydrogen-bond acceptors (Lipinski definition) is 3. The van der Waals surface area contributed by atoms with Crippen molar-refractivity contribution in [3.63, 3.8) is 0 Å². The van der Waals surface area contributed by atoms with Crippen molar-refractivity contribution in [3.8, 4) is 0 Å². The Morgan fingerprint density at radius 1 is 1.15 bits per heavy atom. The number of nitrogens with zero attached hydrogens (tertiary/aromatic N) is 1. The van der Waals surface area contributed by atoms with Crippen LogP contribution in [0.15, 0.2) is 0 Å². The van der Waals surface area contributed by atoms with E-state index in [-0.39, 0.29) is 12.7 Å². The van der Waals surface area contributed by atoms with E-state index in [4.69, 9.17) is 4.74 Å². The monoisotopic (exact) mass is 181 g/mol. The van der Waals surface area contributed by atoms with Gasteiger partial charge in [0, 0.05) is 0 Å². The van der Waals surface area contributed by atoms with Crippen molar-refractivity contribution in [1.29, 1.82) is 0 Å². The molecule has 0 aromatic heterocycles. The first kappa shape index (κ1) is 8.27. The molecule has 2 spiro atoms. The van der Waals surface area contributed by atoms with Crippen LogP contribution < -0.4 is 0 Å². The van der Waals surface area contributed by atoms with Gasteiger partial charge in [-0.2, -0.15) is 0 Å². The minimum Gasteiger partial charge on any atom is -0.437 e. The SMILES string of the molecule is CB(O)N1CCC2(CC1)OC21CC1. The van der Waals surface area contributed by atoms with Crippen molar-refractivity contribution < 1.29 is 9.76 Å². The molecule has 0 aromatic carbocycles. The van der Waals surface area contributed by atoms with Crippen molar-refractivity contribution in [3.05, 3.63) is 0 Å². The second-order valence-corrected chi connectivity index (χ2v) is 4.76. The quantitative estimate of drug-likeness (QED) is 0.472. The Hall–Kier alpha value is -0.0551. The van der Waals surface area contributed by atoms with Gasteiger partial charge in [-0.3, -0.25) is 0 Å². The van der Waals surface area contributed by atoms with Gasteiger partial charge < -0.3 is 14.6 Å². The summed E-state index contributed by atoms with van der Waals surface area (Å²) in [6.45, 7) is 3.84. The Morgan fingerprint density at radius 3 is 2.08 bits per heavy atom. The number of hydrogen-bond donors (Lipinski definition) is 1. The molecule has 2 saturated heterocycles. The Labute approximate surface area is 79.2 Å². The number of rotatable bonds is 1. The average molecular weight is 181 g/mol. The molecule has 13 heavy (non-hydrogen) atoms. The zero-order valence-electron chi connectivity index (χ0n) is 8.12. The van der Waals surface area contributed by atoms with Gasteiger partial charge in [-0.15, -0.1) is 0 Å². The summed E-state index contributed by atoms with van der Waals surface area (Å²) in [5, 5.41) is 9.40. The highest BCUT2D eigenvalue weighted by Gasteiger charge is 2.76. The van der Waals surface area contributed by atoms with Crippen molar-refractivity contribution in [2.75, 3.05) is 13.1 Å². The van der Waals surface area contributed by atoms with E-state index in [1.54, 1.807) is 0 Å². The van der Waals surface area contributed by atoms with Crippen molar-refractivity contribution >= 4 is 7.05 Å². The molecule has 0 atom stereocenters. The molecule has 1 saturated carbocycles. The van der Waals surface area contributed by atoms with E-state index in [1.807, 2.05) is 6.82 Å². The van der Waals surface area contributed by atoms with Crippen LogP contribution in [0.25, 0.3) is 0 Å². The molecule has 3 fully saturated rings. The lowest BCUT2D eigenvalue weighted by Crippen LogP contribution is -2.46. The van der Waals surface area contributed by atoms with Crippen LogP contribution in [0.4, 0.5) is 0 Å². The summed E-state index contributed by atoms with van der Waals surface area (Å²) in [5.41, 5.74) is 0.580. The summed E-state index contributed by atoms with van der Waals surface area (Å²) >= 11 is 0. The van der Waals surface area contributed by atoms with Crippen LogP contribution >= 0.6 is 0 Å². The van der Waals surface area contributed by atoms with Gasteiger partial charge in [0.1, 0.15) is 5.60 Å². The fourth-order valence-corrected chi connectivity index (χ4v) is 2.84. The van der Waals surface area contributed by atoms with Crippen LogP contribution in [0.2, 0.25) is 6.82 Å². The highest BCUT2D eigenvalue weighted by molar-refractivity contribution is 6.45. The minimum atomic E-state index is -0.286. The zero-order chi connectivity index (χ0) is 9.10. The topological polar surface area (TPSA) is 36.0 Å². The minimum absolute atomic E-state index is 0.248. The third-order valence-corrected chi connectivity index (χ3v) is 4.02. The standard InChI is InChI=1S/C9H16BNO2/c1-10(12)11-6-4-9(5-7-11)8(13-9)2-3-8/h12H,2-7H2,1H3. The fraction of sp³-hybridized carbons (Fsp3) is 1.00. The molecule has 0 amide bonds.